The fourth-order valence-corrected chi connectivity index (χ4v) is 1.82. The lowest BCUT2D eigenvalue weighted by Gasteiger charge is -2.19. The molecule has 0 rings (SSSR count). The van der Waals surface area contributed by atoms with Crippen LogP contribution in [0.25, 0.3) is 0 Å². The maximum atomic E-state index is 11.1. The summed E-state index contributed by atoms with van der Waals surface area (Å²) in [6, 6.07) is 0. The summed E-state index contributed by atoms with van der Waals surface area (Å²) in [7, 11) is -3.35. The summed E-state index contributed by atoms with van der Waals surface area (Å²) < 4.78 is 20.7. The van der Waals surface area contributed by atoms with E-state index in [1.54, 1.807) is 6.92 Å². The van der Waals surface area contributed by atoms with E-state index in [1.165, 1.54) is 6.92 Å². The minimum Gasteiger partial charge on any atom is -0.297 e. The van der Waals surface area contributed by atoms with Gasteiger partial charge in [-0.25, -0.2) is 8.42 Å². The first-order valence-electron chi connectivity index (χ1n) is 3.15. The van der Waals surface area contributed by atoms with Gasteiger partial charge in [0.05, 0.1) is 0 Å². The van der Waals surface area contributed by atoms with Crippen molar-refractivity contribution in [3.63, 3.8) is 0 Å². The number of halogens is 1. The van der Waals surface area contributed by atoms with Gasteiger partial charge in [-0.05, 0) is 13.3 Å². The van der Waals surface area contributed by atoms with E-state index in [4.69, 9.17) is 0 Å². The average Bonchev–Trinajstić information content (AvgIpc) is 1.83. The summed E-state index contributed by atoms with van der Waals surface area (Å²) in [6.07, 6.45) is 1.30. The molecule has 0 heterocycles. The van der Waals surface area contributed by atoms with Crippen molar-refractivity contribution in [1.82, 2.24) is 0 Å². The van der Waals surface area contributed by atoms with Gasteiger partial charge in [0.2, 0.25) is 0 Å². The molecule has 0 aromatic heterocycles. The van der Waals surface area contributed by atoms with E-state index in [2.05, 4.69) is 15.9 Å². The van der Waals surface area contributed by atoms with Crippen LogP contribution in [-0.4, -0.2) is 24.1 Å². The normalized spacial score (nSPS) is 17.5. The van der Waals surface area contributed by atoms with Crippen molar-refractivity contribution in [3.8, 4) is 0 Å². The third-order valence-electron chi connectivity index (χ3n) is 1.57. The molecule has 0 N–H and O–H groups in total. The highest BCUT2D eigenvalue weighted by Crippen LogP contribution is 2.29. The second-order valence-electron chi connectivity index (χ2n) is 2.41. The van der Waals surface area contributed by atoms with Crippen LogP contribution in [0.4, 0.5) is 0 Å². The highest BCUT2D eigenvalue weighted by molar-refractivity contribution is 9.12. The van der Waals surface area contributed by atoms with E-state index in [-0.39, 0.29) is 12.2 Å². The molecule has 0 amide bonds. The van der Waals surface area contributed by atoms with Crippen molar-refractivity contribution in [2.45, 2.75) is 23.9 Å². The van der Waals surface area contributed by atoms with Crippen molar-refractivity contribution < 1.29 is 13.2 Å². The van der Waals surface area contributed by atoms with Crippen LogP contribution in [0.1, 0.15) is 20.3 Å². The lowest BCUT2D eigenvalue weighted by atomic mass is 10.2. The highest BCUT2D eigenvalue weighted by atomic mass is 79.9. The Bertz CT molecular complexity index is 257. The molecule has 66 valence electrons. The number of Topliss-reactive ketones (excluding diaryl/α,β-unsaturated/α-hetero) is 1. The third-order valence-corrected chi connectivity index (χ3v) is 6.20. The van der Waals surface area contributed by atoms with E-state index in [1.807, 2.05) is 0 Å². The Morgan fingerprint density at radius 2 is 1.91 bits per heavy atom. The molecule has 0 spiro atoms. The number of rotatable bonds is 3. The Morgan fingerprint density at radius 3 is 1.91 bits per heavy atom. The number of hydrogen-bond acceptors (Lipinski definition) is 3. The second kappa shape index (κ2) is 3.23. The Kier molecular flexibility index (Phi) is 3.26. The van der Waals surface area contributed by atoms with E-state index >= 15 is 0 Å². The van der Waals surface area contributed by atoms with Gasteiger partial charge in [0.1, 0.15) is 0 Å². The maximum Gasteiger partial charge on any atom is 0.183 e. The molecule has 0 aromatic carbocycles. The largest absolute Gasteiger partial charge is 0.297 e. The summed E-state index contributed by atoms with van der Waals surface area (Å²) in [5.74, 6) is -0.373. The van der Waals surface area contributed by atoms with Crippen LogP contribution >= 0.6 is 15.9 Å². The summed E-state index contributed by atoms with van der Waals surface area (Å²) in [5, 5.41) is 0. The minimum absolute atomic E-state index is 0.251. The van der Waals surface area contributed by atoms with Crippen molar-refractivity contribution >= 4 is 31.6 Å². The van der Waals surface area contributed by atoms with Crippen LogP contribution in [0.3, 0.4) is 0 Å². The molecule has 1 atom stereocenters. The summed E-state index contributed by atoms with van der Waals surface area (Å²) in [5.41, 5.74) is 0. The SMILES string of the molecule is CC[C@](Br)(C(C)=O)S(C)(=O)=O. The van der Waals surface area contributed by atoms with Crippen LogP contribution < -0.4 is 0 Å². The van der Waals surface area contributed by atoms with Crippen LogP contribution in [0, 0.1) is 0 Å². The molecular weight excluding hydrogens is 232 g/mol. The Labute approximate surface area is 75.2 Å². The lowest BCUT2D eigenvalue weighted by Crippen LogP contribution is -2.37. The molecule has 11 heavy (non-hydrogen) atoms. The standard InChI is InChI=1S/C6H11BrO3S/c1-4-6(7,5(2)8)11(3,9)10/h4H2,1-3H3/t6-/m1/s1. The smallest absolute Gasteiger partial charge is 0.183 e. The number of ketones is 1. The van der Waals surface area contributed by atoms with Gasteiger partial charge in [-0.3, -0.25) is 4.79 Å². The van der Waals surface area contributed by atoms with Crippen LogP contribution in [-0.2, 0) is 14.6 Å². The summed E-state index contributed by atoms with van der Waals surface area (Å²) in [6.45, 7) is 2.91. The number of sulfone groups is 1. The molecule has 0 aliphatic carbocycles. The molecular formula is C6H11BrO3S. The van der Waals surface area contributed by atoms with E-state index in [0.29, 0.717) is 0 Å². The fourth-order valence-electron chi connectivity index (χ4n) is 0.772. The molecule has 0 fully saturated rings. The Morgan fingerprint density at radius 1 is 1.55 bits per heavy atom. The zero-order chi connectivity index (χ0) is 9.28. The lowest BCUT2D eigenvalue weighted by molar-refractivity contribution is -0.117. The van der Waals surface area contributed by atoms with E-state index < -0.39 is 13.5 Å². The van der Waals surface area contributed by atoms with Gasteiger partial charge in [0, 0.05) is 6.26 Å². The number of hydrogen-bond donors (Lipinski definition) is 0. The van der Waals surface area contributed by atoms with Crippen LogP contribution in [0.5, 0.6) is 0 Å². The van der Waals surface area contributed by atoms with Gasteiger partial charge in [-0.15, -0.1) is 0 Å². The molecule has 0 bridgehead atoms. The average molecular weight is 243 g/mol. The van der Waals surface area contributed by atoms with E-state index in [0.717, 1.165) is 6.26 Å². The van der Waals surface area contributed by atoms with Crippen molar-refractivity contribution in [2.75, 3.05) is 6.26 Å². The monoisotopic (exact) mass is 242 g/mol. The predicted molar refractivity (Wildman–Crippen MR) is 47.5 cm³/mol. The van der Waals surface area contributed by atoms with Gasteiger partial charge in [0.25, 0.3) is 0 Å². The van der Waals surface area contributed by atoms with E-state index in [9.17, 15) is 13.2 Å². The number of alkyl halides is 1. The fraction of sp³-hybridized carbons (Fsp3) is 0.833. The van der Waals surface area contributed by atoms with Gasteiger partial charge >= 0.3 is 0 Å². The van der Waals surface area contributed by atoms with Gasteiger partial charge < -0.3 is 0 Å². The quantitative estimate of drug-likeness (QED) is 0.698. The van der Waals surface area contributed by atoms with Crippen molar-refractivity contribution in [3.05, 3.63) is 0 Å². The molecule has 0 aromatic rings. The minimum atomic E-state index is -3.35. The van der Waals surface area contributed by atoms with Crippen molar-refractivity contribution in [2.24, 2.45) is 0 Å². The maximum absolute atomic E-state index is 11.1. The molecule has 3 nitrogen and oxygen atoms in total. The van der Waals surface area contributed by atoms with Gasteiger partial charge in [-0.2, -0.15) is 0 Å². The molecule has 0 aliphatic rings. The van der Waals surface area contributed by atoms with Gasteiger partial charge in [0.15, 0.2) is 19.3 Å². The topological polar surface area (TPSA) is 51.2 Å². The Balaban J connectivity index is 5.09. The van der Waals surface area contributed by atoms with Crippen LogP contribution in [0.2, 0.25) is 0 Å². The number of carbonyl (C=O) groups is 1. The second-order valence-corrected chi connectivity index (χ2v) is 6.53. The molecule has 0 unspecified atom stereocenters. The highest BCUT2D eigenvalue weighted by Gasteiger charge is 2.40. The van der Waals surface area contributed by atoms with Crippen molar-refractivity contribution in [1.29, 1.82) is 0 Å². The Hall–Kier alpha value is 0.1000. The first-order valence-corrected chi connectivity index (χ1v) is 5.83. The predicted octanol–water partition coefficient (Wildman–Crippen LogP) is 1.12. The third kappa shape index (κ3) is 2.02. The first-order chi connectivity index (χ1) is 4.75. The van der Waals surface area contributed by atoms with Crippen LogP contribution in [0.15, 0.2) is 0 Å². The zero-order valence-corrected chi connectivity index (χ0v) is 9.12. The molecule has 0 radical (unpaired) electrons. The molecule has 0 aliphatic heterocycles. The van der Waals surface area contributed by atoms with Gasteiger partial charge in [-0.1, -0.05) is 22.9 Å². The number of carbonyl (C=O) groups excluding carboxylic acids is 1. The molecule has 0 saturated heterocycles. The summed E-state index contributed by atoms with van der Waals surface area (Å²) in [4.78, 5) is 10.9. The zero-order valence-electron chi connectivity index (χ0n) is 6.72. The summed E-state index contributed by atoms with van der Waals surface area (Å²) >= 11 is 2.93. The molecule has 0 saturated carbocycles. The first kappa shape index (κ1) is 11.1. The molecule has 5 heteroatoms.